The first-order valence-electron chi connectivity index (χ1n) is 6.12. The third kappa shape index (κ3) is 3.38. The first kappa shape index (κ1) is 14.6. The molecule has 2 aromatic rings. The highest BCUT2D eigenvalue weighted by Crippen LogP contribution is 2.20. The molecule has 0 unspecified atom stereocenters. The molecule has 0 aliphatic heterocycles. The molecule has 1 amide bonds. The fraction of sp³-hybridized carbons (Fsp3) is 0.143. The van der Waals surface area contributed by atoms with Crippen LogP contribution in [0.4, 0.5) is 10.1 Å². The first-order chi connectivity index (χ1) is 9.99. The van der Waals surface area contributed by atoms with Crippen molar-refractivity contribution < 1.29 is 14.1 Å². The fourth-order valence-electron chi connectivity index (χ4n) is 1.86. The van der Waals surface area contributed by atoms with E-state index in [9.17, 15) is 19.3 Å². The van der Waals surface area contributed by atoms with Gasteiger partial charge in [0.05, 0.1) is 4.92 Å². The maximum atomic E-state index is 12.9. The van der Waals surface area contributed by atoms with E-state index >= 15 is 0 Å². The number of nitrogens with one attached hydrogen (secondary N) is 1. The number of nitro benzene ring substituents is 1. The van der Waals surface area contributed by atoms with E-state index in [0.29, 0.717) is 11.1 Å². The molecule has 0 saturated carbocycles. The lowest BCUT2D eigenvalue weighted by Crippen LogP contribution is -2.24. The number of pyridine rings is 1. The van der Waals surface area contributed by atoms with Gasteiger partial charge < -0.3 is 5.32 Å². The molecule has 0 spiro atoms. The first-order valence-corrected chi connectivity index (χ1v) is 6.12. The smallest absolute Gasteiger partial charge is 0.272 e. The predicted molar refractivity (Wildman–Crippen MR) is 73.2 cm³/mol. The number of benzene rings is 1. The zero-order valence-electron chi connectivity index (χ0n) is 11.2. The van der Waals surface area contributed by atoms with Crippen LogP contribution in [0.5, 0.6) is 0 Å². The van der Waals surface area contributed by atoms with Crippen molar-refractivity contribution in [1.29, 1.82) is 0 Å². The number of nitrogens with zero attached hydrogens (tertiary/aromatic N) is 2. The zero-order valence-corrected chi connectivity index (χ0v) is 11.2. The van der Waals surface area contributed by atoms with Crippen molar-refractivity contribution in [2.75, 3.05) is 0 Å². The minimum atomic E-state index is -0.742. The number of halogens is 1. The SMILES string of the molecule is Cc1c(CNC(=O)c2cccc(F)n2)cccc1[N+](=O)[O-]. The maximum Gasteiger partial charge on any atom is 0.272 e. The van der Waals surface area contributed by atoms with Gasteiger partial charge in [0.15, 0.2) is 0 Å². The van der Waals surface area contributed by atoms with E-state index < -0.39 is 16.8 Å². The van der Waals surface area contributed by atoms with Crippen molar-refractivity contribution in [3.8, 4) is 0 Å². The van der Waals surface area contributed by atoms with Gasteiger partial charge in [0.1, 0.15) is 5.69 Å². The van der Waals surface area contributed by atoms with E-state index in [1.165, 1.54) is 18.2 Å². The van der Waals surface area contributed by atoms with Gasteiger partial charge in [-0.3, -0.25) is 14.9 Å². The number of amides is 1. The third-order valence-corrected chi connectivity index (χ3v) is 3.00. The summed E-state index contributed by atoms with van der Waals surface area (Å²) in [5, 5.41) is 13.4. The lowest BCUT2D eigenvalue weighted by atomic mass is 10.1. The average Bonchev–Trinajstić information content (AvgIpc) is 2.45. The van der Waals surface area contributed by atoms with Crippen molar-refractivity contribution in [2.24, 2.45) is 0 Å². The van der Waals surface area contributed by atoms with Gasteiger partial charge in [0.2, 0.25) is 5.95 Å². The Morgan fingerprint density at radius 3 is 2.71 bits per heavy atom. The molecule has 1 N–H and O–H groups in total. The molecule has 108 valence electrons. The molecular formula is C14H12FN3O3. The van der Waals surface area contributed by atoms with Gasteiger partial charge in [-0.1, -0.05) is 18.2 Å². The van der Waals surface area contributed by atoms with E-state index in [1.807, 2.05) is 0 Å². The summed E-state index contributed by atoms with van der Waals surface area (Å²) in [6, 6.07) is 8.54. The van der Waals surface area contributed by atoms with Crippen LogP contribution in [0.3, 0.4) is 0 Å². The normalized spacial score (nSPS) is 10.2. The van der Waals surface area contributed by atoms with Crippen LogP contribution in [0.15, 0.2) is 36.4 Å². The Kier molecular flexibility index (Phi) is 4.22. The number of carbonyl (C=O) groups excluding carboxylic acids is 1. The molecule has 0 atom stereocenters. The Labute approximate surface area is 119 Å². The van der Waals surface area contributed by atoms with Crippen molar-refractivity contribution in [1.82, 2.24) is 10.3 Å². The average molecular weight is 289 g/mol. The minimum absolute atomic E-state index is 0.00868. The van der Waals surface area contributed by atoms with Crippen LogP contribution < -0.4 is 5.32 Å². The van der Waals surface area contributed by atoms with Crippen molar-refractivity contribution >= 4 is 11.6 Å². The maximum absolute atomic E-state index is 12.9. The Hall–Kier alpha value is -2.83. The number of aromatic nitrogens is 1. The summed E-state index contributed by atoms with van der Waals surface area (Å²) in [7, 11) is 0. The Morgan fingerprint density at radius 1 is 1.33 bits per heavy atom. The Balaban J connectivity index is 2.12. The van der Waals surface area contributed by atoms with E-state index in [1.54, 1.807) is 19.1 Å². The van der Waals surface area contributed by atoms with Crippen molar-refractivity contribution in [3.63, 3.8) is 0 Å². The topological polar surface area (TPSA) is 85.1 Å². The molecule has 2 rings (SSSR count). The number of hydrogen-bond donors (Lipinski definition) is 1. The lowest BCUT2D eigenvalue weighted by molar-refractivity contribution is -0.385. The zero-order chi connectivity index (χ0) is 15.4. The summed E-state index contributed by atoms with van der Waals surface area (Å²) >= 11 is 0. The monoisotopic (exact) mass is 289 g/mol. The second kappa shape index (κ2) is 6.08. The van der Waals surface area contributed by atoms with Gasteiger partial charge in [0.25, 0.3) is 11.6 Å². The quantitative estimate of drug-likeness (QED) is 0.532. The van der Waals surface area contributed by atoms with E-state index in [0.717, 1.165) is 6.07 Å². The number of nitro groups is 1. The van der Waals surface area contributed by atoms with Gasteiger partial charge in [-0.25, -0.2) is 4.98 Å². The van der Waals surface area contributed by atoms with E-state index in [2.05, 4.69) is 10.3 Å². The number of carbonyl (C=O) groups is 1. The van der Waals surface area contributed by atoms with E-state index in [-0.39, 0.29) is 17.9 Å². The highest BCUT2D eigenvalue weighted by atomic mass is 19.1. The highest BCUT2D eigenvalue weighted by molar-refractivity contribution is 5.92. The van der Waals surface area contributed by atoms with Gasteiger partial charge >= 0.3 is 0 Å². The Bertz CT molecular complexity index is 704. The molecule has 1 heterocycles. The fourth-order valence-corrected chi connectivity index (χ4v) is 1.86. The Morgan fingerprint density at radius 2 is 2.05 bits per heavy atom. The van der Waals surface area contributed by atoms with Crippen LogP contribution in [0, 0.1) is 23.0 Å². The highest BCUT2D eigenvalue weighted by Gasteiger charge is 2.14. The van der Waals surface area contributed by atoms with Crippen molar-refractivity contribution in [2.45, 2.75) is 13.5 Å². The molecule has 1 aromatic heterocycles. The molecule has 6 nitrogen and oxygen atoms in total. The van der Waals surface area contributed by atoms with Crippen LogP contribution in [0.2, 0.25) is 0 Å². The summed E-state index contributed by atoms with van der Waals surface area (Å²) in [4.78, 5) is 25.7. The summed E-state index contributed by atoms with van der Waals surface area (Å²) in [5.41, 5.74) is 1.05. The summed E-state index contributed by atoms with van der Waals surface area (Å²) in [6.07, 6.45) is 0. The van der Waals surface area contributed by atoms with Gasteiger partial charge in [0, 0.05) is 18.2 Å². The second-order valence-corrected chi connectivity index (χ2v) is 4.35. The van der Waals surface area contributed by atoms with Crippen LogP contribution in [0.25, 0.3) is 0 Å². The summed E-state index contributed by atoms with van der Waals surface area (Å²) in [6.45, 7) is 1.71. The lowest BCUT2D eigenvalue weighted by Gasteiger charge is -2.08. The van der Waals surface area contributed by atoms with Crippen LogP contribution in [-0.2, 0) is 6.54 Å². The summed E-state index contributed by atoms with van der Waals surface area (Å²) in [5.74, 6) is -1.28. The third-order valence-electron chi connectivity index (χ3n) is 3.00. The molecule has 1 aromatic carbocycles. The second-order valence-electron chi connectivity index (χ2n) is 4.35. The van der Waals surface area contributed by atoms with Crippen LogP contribution in [0.1, 0.15) is 21.6 Å². The van der Waals surface area contributed by atoms with Gasteiger partial charge in [-0.05, 0) is 24.6 Å². The van der Waals surface area contributed by atoms with Crippen LogP contribution >= 0.6 is 0 Å². The number of rotatable bonds is 4. The molecular weight excluding hydrogens is 277 g/mol. The molecule has 0 radical (unpaired) electrons. The molecule has 21 heavy (non-hydrogen) atoms. The molecule has 0 saturated heterocycles. The van der Waals surface area contributed by atoms with Gasteiger partial charge in [-0.15, -0.1) is 0 Å². The molecule has 0 fully saturated rings. The standard InChI is InChI=1S/C14H12FN3O3/c1-9-10(4-2-6-12(9)18(20)21)8-16-14(19)11-5-3-7-13(15)17-11/h2-7H,8H2,1H3,(H,16,19). The molecule has 7 heteroatoms. The molecule has 0 bridgehead atoms. The van der Waals surface area contributed by atoms with Crippen LogP contribution in [-0.4, -0.2) is 15.8 Å². The van der Waals surface area contributed by atoms with Crippen molar-refractivity contribution in [3.05, 3.63) is 69.3 Å². The number of hydrogen-bond acceptors (Lipinski definition) is 4. The predicted octanol–water partition coefficient (Wildman–Crippen LogP) is 2.37. The summed E-state index contributed by atoms with van der Waals surface area (Å²) < 4.78 is 12.9. The molecule has 0 aliphatic rings. The van der Waals surface area contributed by atoms with Gasteiger partial charge in [-0.2, -0.15) is 4.39 Å². The minimum Gasteiger partial charge on any atom is -0.347 e. The molecule has 0 aliphatic carbocycles. The largest absolute Gasteiger partial charge is 0.347 e. The van der Waals surface area contributed by atoms with E-state index in [4.69, 9.17) is 0 Å².